The van der Waals surface area contributed by atoms with E-state index in [4.69, 9.17) is 4.74 Å². The minimum absolute atomic E-state index is 0. The first kappa shape index (κ1) is 21.0. The maximum atomic E-state index is 5.14. The molecule has 0 unspecified atom stereocenters. The molecule has 1 fully saturated rings. The molecule has 24 heavy (non-hydrogen) atoms. The van der Waals surface area contributed by atoms with Gasteiger partial charge in [-0.3, -0.25) is 4.99 Å². The molecule has 0 bridgehead atoms. The molecule has 2 rings (SSSR count). The van der Waals surface area contributed by atoms with Gasteiger partial charge in [-0.1, -0.05) is 44.6 Å². The molecule has 1 aromatic heterocycles. The van der Waals surface area contributed by atoms with E-state index in [1.165, 1.54) is 44.9 Å². The minimum atomic E-state index is 0. The van der Waals surface area contributed by atoms with E-state index in [9.17, 15) is 0 Å². The van der Waals surface area contributed by atoms with Crippen LogP contribution in [0.25, 0.3) is 0 Å². The van der Waals surface area contributed by atoms with Crippen LogP contribution in [0.4, 0.5) is 0 Å². The van der Waals surface area contributed by atoms with Crippen molar-refractivity contribution in [2.75, 3.05) is 20.7 Å². The van der Waals surface area contributed by atoms with E-state index in [0.717, 1.165) is 24.1 Å². The molecular weight excluding hydrogens is 415 g/mol. The Labute approximate surface area is 163 Å². The molecule has 1 aromatic rings. The first-order valence-corrected chi connectivity index (χ1v) is 8.76. The molecule has 0 amide bonds. The van der Waals surface area contributed by atoms with Crippen LogP contribution in [0.5, 0.6) is 5.88 Å². The predicted octanol–water partition coefficient (Wildman–Crippen LogP) is 3.73. The second kappa shape index (κ2) is 12.3. The van der Waals surface area contributed by atoms with Crippen molar-refractivity contribution in [1.29, 1.82) is 0 Å². The van der Waals surface area contributed by atoms with Crippen LogP contribution in [0.3, 0.4) is 0 Å². The Morgan fingerprint density at radius 2 is 2.04 bits per heavy atom. The number of hydrogen-bond donors (Lipinski definition) is 2. The number of guanidine groups is 1. The summed E-state index contributed by atoms with van der Waals surface area (Å²) in [6.45, 7) is 1.61. The zero-order chi connectivity index (χ0) is 16.3. The Hall–Kier alpha value is -1.05. The lowest BCUT2D eigenvalue weighted by Crippen LogP contribution is -2.37. The van der Waals surface area contributed by atoms with Gasteiger partial charge in [-0.25, -0.2) is 4.98 Å². The van der Waals surface area contributed by atoms with Gasteiger partial charge in [-0.05, 0) is 18.4 Å². The molecule has 0 aliphatic heterocycles. The number of halogens is 1. The lowest BCUT2D eigenvalue weighted by Gasteiger charge is -2.13. The molecule has 1 aliphatic carbocycles. The van der Waals surface area contributed by atoms with Gasteiger partial charge >= 0.3 is 0 Å². The molecule has 2 N–H and O–H groups in total. The largest absolute Gasteiger partial charge is 0.481 e. The smallest absolute Gasteiger partial charge is 0.213 e. The third-order valence-corrected chi connectivity index (χ3v) is 4.46. The van der Waals surface area contributed by atoms with Crippen LogP contribution in [0.2, 0.25) is 0 Å². The van der Waals surface area contributed by atoms with Gasteiger partial charge in [-0.2, -0.15) is 0 Å². The summed E-state index contributed by atoms with van der Waals surface area (Å²) in [5, 5.41) is 6.66. The van der Waals surface area contributed by atoms with Crippen molar-refractivity contribution in [1.82, 2.24) is 15.6 Å². The van der Waals surface area contributed by atoms with Gasteiger partial charge < -0.3 is 15.4 Å². The summed E-state index contributed by atoms with van der Waals surface area (Å²) in [6.07, 6.45) is 9.69. The highest BCUT2D eigenvalue weighted by Crippen LogP contribution is 2.28. The van der Waals surface area contributed by atoms with Crippen molar-refractivity contribution < 1.29 is 4.74 Å². The van der Waals surface area contributed by atoms with Crippen molar-refractivity contribution in [3.8, 4) is 5.88 Å². The number of aromatic nitrogens is 1. The lowest BCUT2D eigenvalue weighted by atomic mass is 10.0. The van der Waals surface area contributed by atoms with Crippen molar-refractivity contribution in [3.63, 3.8) is 0 Å². The van der Waals surface area contributed by atoms with Gasteiger partial charge in [0.15, 0.2) is 5.96 Å². The number of rotatable bonds is 8. The highest BCUT2D eigenvalue weighted by atomic mass is 127. The van der Waals surface area contributed by atoms with Crippen LogP contribution in [0.15, 0.2) is 23.2 Å². The molecule has 1 saturated carbocycles. The second-order valence-corrected chi connectivity index (χ2v) is 6.17. The average Bonchev–Trinajstić information content (AvgIpc) is 3.11. The monoisotopic (exact) mass is 446 g/mol. The van der Waals surface area contributed by atoms with Gasteiger partial charge in [-0.15, -0.1) is 24.0 Å². The Morgan fingerprint density at radius 3 is 2.75 bits per heavy atom. The number of pyridine rings is 1. The number of nitrogens with zero attached hydrogens (tertiary/aromatic N) is 2. The Balaban J connectivity index is 0.00000288. The molecule has 6 heteroatoms. The van der Waals surface area contributed by atoms with Crippen LogP contribution in [0, 0.1) is 5.92 Å². The van der Waals surface area contributed by atoms with Gasteiger partial charge in [0, 0.05) is 19.7 Å². The highest BCUT2D eigenvalue weighted by molar-refractivity contribution is 14.0. The zero-order valence-electron chi connectivity index (χ0n) is 14.9. The third kappa shape index (κ3) is 7.68. The minimum Gasteiger partial charge on any atom is -0.481 e. The highest BCUT2D eigenvalue weighted by Gasteiger charge is 2.13. The topological polar surface area (TPSA) is 58.5 Å². The van der Waals surface area contributed by atoms with Crippen LogP contribution in [0.1, 0.15) is 50.6 Å². The fraction of sp³-hybridized carbons (Fsp3) is 0.667. The van der Waals surface area contributed by atoms with E-state index in [-0.39, 0.29) is 24.0 Å². The van der Waals surface area contributed by atoms with Gasteiger partial charge in [0.25, 0.3) is 0 Å². The quantitative estimate of drug-likeness (QED) is 0.277. The SMILES string of the molecule is CN=C(NCCCCC1CCCC1)NCc1cccc(OC)n1.I. The van der Waals surface area contributed by atoms with E-state index in [1.54, 1.807) is 14.2 Å². The number of hydrogen-bond acceptors (Lipinski definition) is 3. The van der Waals surface area contributed by atoms with Crippen LogP contribution in [-0.4, -0.2) is 31.6 Å². The molecule has 5 nitrogen and oxygen atoms in total. The maximum absolute atomic E-state index is 5.14. The van der Waals surface area contributed by atoms with E-state index in [2.05, 4.69) is 20.6 Å². The summed E-state index contributed by atoms with van der Waals surface area (Å²) in [5.74, 6) is 2.46. The number of methoxy groups -OCH3 is 1. The van der Waals surface area contributed by atoms with E-state index >= 15 is 0 Å². The zero-order valence-corrected chi connectivity index (χ0v) is 17.2. The molecule has 0 atom stereocenters. The summed E-state index contributed by atoms with van der Waals surface area (Å²) in [6, 6.07) is 5.77. The Kier molecular flexibility index (Phi) is 10.8. The van der Waals surface area contributed by atoms with Gasteiger partial charge in [0.05, 0.1) is 19.3 Å². The van der Waals surface area contributed by atoms with Gasteiger partial charge in [0.2, 0.25) is 5.88 Å². The van der Waals surface area contributed by atoms with E-state index in [0.29, 0.717) is 12.4 Å². The van der Waals surface area contributed by atoms with Gasteiger partial charge in [0.1, 0.15) is 0 Å². The number of nitrogens with one attached hydrogen (secondary N) is 2. The van der Waals surface area contributed by atoms with Crippen LogP contribution >= 0.6 is 24.0 Å². The second-order valence-electron chi connectivity index (χ2n) is 6.17. The molecular formula is C18H31IN4O. The van der Waals surface area contributed by atoms with Crippen molar-refractivity contribution in [3.05, 3.63) is 23.9 Å². The van der Waals surface area contributed by atoms with Crippen molar-refractivity contribution >= 4 is 29.9 Å². The van der Waals surface area contributed by atoms with Crippen LogP contribution < -0.4 is 15.4 Å². The lowest BCUT2D eigenvalue weighted by molar-refractivity contribution is 0.396. The number of ether oxygens (including phenoxy) is 1. The Bertz CT molecular complexity index is 490. The number of aliphatic imine (C=N–C) groups is 1. The molecule has 0 aromatic carbocycles. The standard InChI is InChI=1S/C18H30N4O.HI/c1-19-18(20-13-6-5-10-15-8-3-4-9-15)21-14-16-11-7-12-17(22-16)23-2;/h7,11-12,15H,3-6,8-10,13-14H2,1-2H3,(H2,19,20,21);1H. The maximum Gasteiger partial charge on any atom is 0.213 e. The number of unbranched alkanes of at least 4 members (excludes halogenated alkanes) is 1. The third-order valence-electron chi connectivity index (χ3n) is 4.46. The van der Waals surface area contributed by atoms with Crippen molar-refractivity contribution in [2.24, 2.45) is 10.9 Å². The molecule has 1 aliphatic rings. The summed E-state index contributed by atoms with van der Waals surface area (Å²) in [5.41, 5.74) is 0.938. The van der Waals surface area contributed by atoms with Crippen LogP contribution in [-0.2, 0) is 6.54 Å². The van der Waals surface area contributed by atoms with Crippen molar-refractivity contribution in [2.45, 2.75) is 51.5 Å². The first-order chi connectivity index (χ1) is 11.3. The van der Waals surface area contributed by atoms with E-state index < -0.39 is 0 Å². The molecule has 0 radical (unpaired) electrons. The normalized spacial score (nSPS) is 15.0. The predicted molar refractivity (Wildman–Crippen MR) is 110 cm³/mol. The first-order valence-electron chi connectivity index (χ1n) is 8.76. The summed E-state index contributed by atoms with van der Waals surface area (Å²) < 4.78 is 5.14. The average molecular weight is 446 g/mol. The summed E-state index contributed by atoms with van der Waals surface area (Å²) >= 11 is 0. The molecule has 1 heterocycles. The molecule has 0 saturated heterocycles. The fourth-order valence-corrected chi connectivity index (χ4v) is 3.13. The summed E-state index contributed by atoms with van der Waals surface area (Å²) in [4.78, 5) is 8.64. The van der Waals surface area contributed by atoms with E-state index in [1.807, 2.05) is 18.2 Å². The Morgan fingerprint density at radius 1 is 1.25 bits per heavy atom. The molecule has 136 valence electrons. The molecule has 0 spiro atoms. The summed E-state index contributed by atoms with van der Waals surface area (Å²) in [7, 11) is 3.43. The fourth-order valence-electron chi connectivity index (χ4n) is 3.13.